The van der Waals surface area contributed by atoms with Crippen LogP contribution in [0.3, 0.4) is 0 Å². The summed E-state index contributed by atoms with van der Waals surface area (Å²) in [4.78, 5) is 11.7. The summed E-state index contributed by atoms with van der Waals surface area (Å²) >= 11 is 0. The molecule has 0 aromatic rings. The Balaban J connectivity index is 1.93. The maximum atomic E-state index is 11.7. The Hall–Kier alpha value is -0.570. The number of carboxylic acid groups (broad SMARTS) is 1. The van der Waals surface area contributed by atoms with Crippen LogP contribution in [0.15, 0.2) is 0 Å². The summed E-state index contributed by atoms with van der Waals surface area (Å²) in [6.07, 6.45) is 9.14. The van der Waals surface area contributed by atoms with E-state index in [0.717, 1.165) is 32.1 Å². The predicted octanol–water partition coefficient (Wildman–Crippen LogP) is 3.99. The van der Waals surface area contributed by atoms with E-state index in [9.17, 15) is 15.0 Å². The molecule has 2 fully saturated rings. The van der Waals surface area contributed by atoms with Crippen molar-refractivity contribution in [2.75, 3.05) is 0 Å². The molecule has 2 saturated carbocycles. The smallest absolute Gasteiger partial charge is 0.309 e. The monoisotopic (exact) mass is 282 g/mol. The van der Waals surface area contributed by atoms with Crippen molar-refractivity contribution in [1.82, 2.24) is 0 Å². The molecule has 2 aliphatic carbocycles. The summed E-state index contributed by atoms with van der Waals surface area (Å²) in [5.41, 5.74) is -0.414. The van der Waals surface area contributed by atoms with Crippen LogP contribution >= 0.6 is 0 Å². The number of carboxylic acids is 1. The highest BCUT2D eigenvalue weighted by atomic mass is 16.4. The first-order chi connectivity index (χ1) is 9.33. The van der Waals surface area contributed by atoms with Crippen molar-refractivity contribution in [3.05, 3.63) is 0 Å². The van der Waals surface area contributed by atoms with Gasteiger partial charge in [-0.3, -0.25) is 4.79 Å². The van der Waals surface area contributed by atoms with E-state index < -0.39 is 17.5 Å². The predicted molar refractivity (Wildman–Crippen MR) is 79.5 cm³/mol. The molecule has 116 valence electrons. The van der Waals surface area contributed by atoms with E-state index in [0.29, 0.717) is 12.3 Å². The molecule has 0 aromatic heterocycles. The van der Waals surface area contributed by atoms with E-state index in [-0.39, 0.29) is 5.41 Å². The van der Waals surface area contributed by atoms with Gasteiger partial charge in [-0.15, -0.1) is 0 Å². The van der Waals surface area contributed by atoms with Crippen LogP contribution in [0, 0.1) is 16.7 Å². The van der Waals surface area contributed by atoms with Gasteiger partial charge in [0.15, 0.2) is 0 Å². The number of rotatable bonds is 5. The highest BCUT2D eigenvalue weighted by molar-refractivity contribution is 5.74. The molecule has 0 saturated heterocycles. The normalized spacial score (nSPS) is 27.4. The molecule has 0 heterocycles. The molecule has 1 unspecified atom stereocenters. The van der Waals surface area contributed by atoms with E-state index in [2.05, 4.69) is 13.8 Å². The summed E-state index contributed by atoms with van der Waals surface area (Å²) in [6.45, 7) is 4.43. The van der Waals surface area contributed by atoms with Gasteiger partial charge in [0.2, 0.25) is 0 Å². The molecule has 0 amide bonds. The van der Waals surface area contributed by atoms with E-state index >= 15 is 0 Å². The van der Waals surface area contributed by atoms with Crippen LogP contribution in [0.25, 0.3) is 0 Å². The SMILES string of the molecule is CC1(C)CCC(CC(O)CC2CCCC2)(C(=O)O)CC1. The Morgan fingerprint density at radius 3 is 2.20 bits per heavy atom. The Bertz CT molecular complexity index is 332. The minimum Gasteiger partial charge on any atom is -0.481 e. The second-order valence-electron chi connectivity index (χ2n) is 7.99. The maximum Gasteiger partial charge on any atom is 0.309 e. The molecule has 0 radical (unpaired) electrons. The third-order valence-electron chi connectivity index (χ3n) is 5.72. The Kier molecular flexibility index (Phi) is 4.78. The van der Waals surface area contributed by atoms with Crippen LogP contribution < -0.4 is 0 Å². The number of aliphatic hydroxyl groups is 1. The fraction of sp³-hybridized carbons (Fsp3) is 0.941. The van der Waals surface area contributed by atoms with Gasteiger partial charge in [-0.1, -0.05) is 39.5 Å². The standard InChI is InChI=1S/C17H30O3/c1-16(2)7-9-17(10-8-16,15(19)20)12-14(18)11-13-5-3-4-6-13/h13-14,18H,3-12H2,1-2H3,(H,19,20). The Morgan fingerprint density at radius 1 is 1.15 bits per heavy atom. The number of carbonyl (C=O) groups is 1. The fourth-order valence-electron chi connectivity index (χ4n) is 4.08. The Labute approximate surface area is 122 Å². The zero-order valence-corrected chi connectivity index (χ0v) is 13.0. The first-order valence-corrected chi connectivity index (χ1v) is 8.24. The summed E-state index contributed by atoms with van der Waals surface area (Å²) < 4.78 is 0. The minimum absolute atomic E-state index is 0.259. The van der Waals surface area contributed by atoms with Crippen molar-refractivity contribution < 1.29 is 15.0 Å². The highest BCUT2D eigenvalue weighted by Crippen LogP contribution is 2.48. The molecule has 2 rings (SSSR count). The van der Waals surface area contributed by atoms with E-state index in [1.165, 1.54) is 25.7 Å². The van der Waals surface area contributed by atoms with Gasteiger partial charge in [-0.25, -0.2) is 0 Å². The summed E-state index contributed by atoms with van der Waals surface area (Å²) in [5.74, 6) is -0.0747. The molecular weight excluding hydrogens is 252 g/mol. The molecular formula is C17H30O3. The lowest BCUT2D eigenvalue weighted by atomic mass is 9.63. The van der Waals surface area contributed by atoms with Crippen LogP contribution in [0.5, 0.6) is 0 Å². The zero-order valence-electron chi connectivity index (χ0n) is 13.0. The molecule has 0 bridgehead atoms. The molecule has 20 heavy (non-hydrogen) atoms. The van der Waals surface area contributed by atoms with Gasteiger partial charge in [0.05, 0.1) is 11.5 Å². The van der Waals surface area contributed by atoms with Crippen LogP contribution in [-0.4, -0.2) is 22.3 Å². The summed E-state index contributed by atoms with van der Waals surface area (Å²) in [5, 5.41) is 20.0. The van der Waals surface area contributed by atoms with Gasteiger partial charge in [-0.2, -0.15) is 0 Å². The van der Waals surface area contributed by atoms with Gasteiger partial charge in [0.25, 0.3) is 0 Å². The van der Waals surface area contributed by atoms with Gasteiger partial charge < -0.3 is 10.2 Å². The van der Waals surface area contributed by atoms with Crippen molar-refractivity contribution in [3.8, 4) is 0 Å². The van der Waals surface area contributed by atoms with Crippen LogP contribution in [-0.2, 0) is 4.79 Å². The molecule has 0 aliphatic heterocycles. The van der Waals surface area contributed by atoms with Crippen molar-refractivity contribution in [2.24, 2.45) is 16.7 Å². The van der Waals surface area contributed by atoms with Gasteiger partial charge >= 0.3 is 5.97 Å². The topological polar surface area (TPSA) is 57.5 Å². The van der Waals surface area contributed by atoms with Crippen molar-refractivity contribution in [2.45, 2.75) is 84.2 Å². The van der Waals surface area contributed by atoms with Crippen LogP contribution in [0.2, 0.25) is 0 Å². The van der Waals surface area contributed by atoms with Crippen molar-refractivity contribution in [3.63, 3.8) is 0 Å². The third-order valence-corrected chi connectivity index (χ3v) is 5.72. The maximum absolute atomic E-state index is 11.7. The highest BCUT2D eigenvalue weighted by Gasteiger charge is 2.45. The number of aliphatic carboxylic acids is 1. The first-order valence-electron chi connectivity index (χ1n) is 8.24. The second kappa shape index (κ2) is 6.05. The minimum atomic E-state index is -0.696. The molecule has 3 heteroatoms. The molecule has 0 aromatic carbocycles. The van der Waals surface area contributed by atoms with E-state index in [1.54, 1.807) is 0 Å². The average Bonchev–Trinajstić information content (AvgIpc) is 2.84. The lowest BCUT2D eigenvalue weighted by Gasteiger charge is -2.42. The van der Waals surface area contributed by atoms with Gasteiger partial charge in [0, 0.05) is 0 Å². The molecule has 0 spiro atoms. The lowest BCUT2D eigenvalue weighted by Crippen LogP contribution is -2.40. The Morgan fingerprint density at radius 2 is 1.70 bits per heavy atom. The van der Waals surface area contributed by atoms with E-state index in [4.69, 9.17) is 0 Å². The third kappa shape index (κ3) is 3.75. The molecule has 1 atom stereocenters. The van der Waals surface area contributed by atoms with Gasteiger partial charge in [0.1, 0.15) is 0 Å². The van der Waals surface area contributed by atoms with Crippen molar-refractivity contribution >= 4 is 5.97 Å². The number of hydrogen-bond donors (Lipinski definition) is 2. The summed E-state index contributed by atoms with van der Waals surface area (Å²) in [6, 6.07) is 0. The van der Waals surface area contributed by atoms with E-state index in [1.807, 2.05) is 0 Å². The first kappa shape index (κ1) is 15.8. The molecule has 2 N–H and O–H groups in total. The van der Waals surface area contributed by atoms with Crippen molar-refractivity contribution in [1.29, 1.82) is 0 Å². The summed E-state index contributed by atoms with van der Waals surface area (Å²) in [7, 11) is 0. The number of aliphatic hydroxyl groups excluding tert-OH is 1. The second-order valence-corrected chi connectivity index (χ2v) is 7.99. The average molecular weight is 282 g/mol. The quantitative estimate of drug-likeness (QED) is 0.801. The number of hydrogen-bond acceptors (Lipinski definition) is 2. The molecule has 2 aliphatic rings. The van der Waals surface area contributed by atoms with Gasteiger partial charge in [-0.05, 0) is 49.9 Å². The van der Waals surface area contributed by atoms with Crippen LogP contribution in [0.1, 0.15) is 78.1 Å². The van der Waals surface area contributed by atoms with Crippen LogP contribution in [0.4, 0.5) is 0 Å². The molecule has 3 nitrogen and oxygen atoms in total. The zero-order chi connectivity index (χ0) is 14.8. The fourth-order valence-corrected chi connectivity index (χ4v) is 4.08. The lowest BCUT2D eigenvalue weighted by molar-refractivity contribution is -0.155. The largest absolute Gasteiger partial charge is 0.481 e.